The average Bonchev–Trinajstić information content (AvgIpc) is 2.87. The Kier molecular flexibility index (Phi) is 8.42. The van der Waals surface area contributed by atoms with E-state index >= 15 is 0 Å². The van der Waals surface area contributed by atoms with Gasteiger partial charge in [-0.15, -0.1) is 10.2 Å². The van der Waals surface area contributed by atoms with Gasteiger partial charge in [-0.05, 0) is 25.7 Å². The zero-order valence-corrected chi connectivity index (χ0v) is 13.3. The Bertz CT molecular complexity index is 411. The molecule has 1 rings (SSSR count). The monoisotopic (exact) mass is 296 g/mol. The molecular formula is C14H28N6O. The molecule has 0 radical (unpaired) electrons. The third-order valence-electron chi connectivity index (χ3n) is 3.32. The Balaban J connectivity index is 2.53. The van der Waals surface area contributed by atoms with Crippen molar-refractivity contribution in [3.8, 4) is 0 Å². The third-order valence-corrected chi connectivity index (χ3v) is 3.32. The standard InChI is InChI=1S/C14H28N6O/c1-4-6-12(7-8-21)9-16-14(15-5-2)17-10-13-19-18-11-20(13)3/h11-12,21H,4-10H2,1-3H3,(H2,15,16,17). The predicted molar refractivity (Wildman–Crippen MR) is 83.9 cm³/mol. The van der Waals surface area contributed by atoms with Gasteiger partial charge in [0.2, 0.25) is 0 Å². The summed E-state index contributed by atoms with van der Waals surface area (Å²) in [6.07, 6.45) is 4.72. The summed E-state index contributed by atoms with van der Waals surface area (Å²) < 4.78 is 1.86. The average molecular weight is 296 g/mol. The minimum absolute atomic E-state index is 0.235. The smallest absolute Gasteiger partial charge is 0.191 e. The first-order chi connectivity index (χ1) is 10.2. The van der Waals surface area contributed by atoms with Gasteiger partial charge in [-0.1, -0.05) is 13.3 Å². The molecule has 0 spiro atoms. The fourth-order valence-corrected chi connectivity index (χ4v) is 2.12. The van der Waals surface area contributed by atoms with Crippen LogP contribution in [0.3, 0.4) is 0 Å². The molecule has 1 unspecified atom stereocenters. The van der Waals surface area contributed by atoms with Crippen molar-refractivity contribution in [1.29, 1.82) is 0 Å². The van der Waals surface area contributed by atoms with E-state index in [9.17, 15) is 0 Å². The maximum atomic E-state index is 9.10. The van der Waals surface area contributed by atoms with E-state index in [4.69, 9.17) is 5.11 Å². The van der Waals surface area contributed by atoms with Crippen molar-refractivity contribution in [3.05, 3.63) is 12.2 Å². The number of nitrogens with zero attached hydrogens (tertiary/aromatic N) is 4. The molecule has 0 saturated carbocycles. The Morgan fingerprint density at radius 3 is 2.76 bits per heavy atom. The highest BCUT2D eigenvalue weighted by Gasteiger charge is 2.08. The first-order valence-electron chi connectivity index (χ1n) is 7.67. The van der Waals surface area contributed by atoms with Crippen LogP contribution in [0, 0.1) is 5.92 Å². The molecule has 0 aliphatic carbocycles. The number of rotatable bonds is 9. The maximum Gasteiger partial charge on any atom is 0.191 e. The minimum atomic E-state index is 0.235. The highest BCUT2D eigenvalue weighted by molar-refractivity contribution is 5.79. The van der Waals surface area contributed by atoms with E-state index in [0.717, 1.165) is 44.1 Å². The number of hydrogen-bond donors (Lipinski definition) is 3. The first-order valence-corrected chi connectivity index (χ1v) is 7.67. The molecule has 0 saturated heterocycles. The van der Waals surface area contributed by atoms with E-state index < -0.39 is 0 Å². The van der Waals surface area contributed by atoms with Crippen molar-refractivity contribution in [3.63, 3.8) is 0 Å². The molecule has 7 heteroatoms. The summed E-state index contributed by atoms with van der Waals surface area (Å²) in [6, 6.07) is 0. The minimum Gasteiger partial charge on any atom is -0.396 e. The Morgan fingerprint density at radius 1 is 1.38 bits per heavy atom. The Hall–Kier alpha value is -1.63. The molecule has 0 fully saturated rings. The molecule has 0 bridgehead atoms. The van der Waals surface area contributed by atoms with E-state index in [0.29, 0.717) is 12.5 Å². The van der Waals surface area contributed by atoms with Crippen LogP contribution < -0.4 is 10.6 Å². The van der Waals surface area contributed by atoms with E-state index in [-0.39, 0.29) is 6.61 Å². The summed E-state index contributed by atoms with van der Waals surface area (Å²) in [7, 11) is 1.91. The highest BCUT2D eigenvalue weighted by atomic mass is 16.3. The fraction of sp³-hybridized carbons (Fsp3) is 0.786. The van der Waals surface area contributed by atoms with Crippen LogP contribution in [-0.2, 0) is 13.6 Å². The van der Waals surface area contributed by atoms with Crippen LogP contribution in [0.15, 0.2) is 11.3 Å². The molecule has 7 nitrogen and oxygen atoms in total. The van der Waals surface area contributed by atoms with Crippen LogP contribution >= 0.6 is 0 Å². The molecular weight excluding hydrogens is 268 g/mol. The van der Waals surface area contributed by atoms with Gasteiger partial charge in [-0.25, -0.2) is 4.99 Å². The summed E-state index contributed by atoms with van der Waals surface area (Å²) in [4.78, 5) is 4.52. The Morgan fingerprint density at radius 2 is 2.19 bits per heavy atom. The zero-order chi connectivity index (χ0) is 15.5. The number of hydrogen-bond acceptors (Lipinski definition) is 4. The third kappa shape index (κ3) is 6.57. The van der Waals surface area contributed by atoms with Gasteiger partial charge in [0.05, 0.1) is 0 Å². The second-order valence-corrected chi connectivity index (χ2v) is 5.10. The summed E-state index contributed by atoms with van der Waals surface area (Å²) in [6.45, 7) is 6.56. The van der Waals surface area contributed by atoms with Gasteiger partial charge >= 0.3 is 0 Å². The van der Waals surface area contributed by atoms with E-state index in [1.54, 1.807) is 6.33 Å². The molecule has 120 valence electrons. The van der Waals surface area contributed by atoms with Crippen LogP contribution in [0.2, 0.25) is 0 Å². The highest BCUT2D eigenvalue weighted by Crippen LogP contribution is 2.09. The molecule has 21 heavy (non-hydrogen) atoms. The van der Waals surface area contributed by atoms with Crippen LogP contribution in [0.5, 0.6) is 0 Å². The van der Waals surface area contributed by atoms with Gasteiger partial charge in [-0.2, -0.15) is 0 Å². The predicted octanol–water partition coefficient (Wildman–Crippen LogP) is 0.669. The van der Waals surface area contributed by atoms with E-state index in [2.05, 4.69) is 32.7 Å². The molecule has 1 atom stereocenters. The SMILES string of the molecule is CCCC(CCO)CNC(=NCc1nncn1C)NCC. The van der Waals surface area contributed by atoms with Gasteiger partial charge in [0.15, 0.2) is 11.8 Å². The number of aliphatic imine (C=N–C) groups is 1. The number of aliphatic hydroxyl groups excluding tert-OH is 1. The molecule has 3 N–H and O–H groups in total. The zero-order valence-electron chi connectivity index (χ0n) is 13.3. The Labute approximate surface area is 126 Å². The molecule has 0 amide bonds. The number of guanidine groups is 1. The number of aliphatic hydroxyl groups is 1. The van der Waals surface area contributed by atoms with Crippen molar-refractivity contribution in [2.24, 2.45) is 18.0 Å². The van der Waals surface area contributed by atoms with E-state index in [1.165, 1.54) is 0 Å². The lowest BCUT2D eigenvalue weighted by molar-refractivity contribution is 0.251. The maximum absolute atomic E-state index is 9.10. The molecule has 1 heterocycles. The molecule has 0 aliphatic rings. The van der Waals surface area contributed by atoms with Gasteiger partial charge in [-0.3, -0.25) is 0 Å². The normalized spacial score (nSPS) is 13.2. The van der Waals surface area contributed by atoms with Crippen molar-refractivity contribution in [2.45, 2.75) is 39.7 Å². The van der Waals surface area contributed by atoms with Crippen molar-refractivity contribution in [1.82, 2.24) is 25.4 Å². The van der Waals surface area contributed by atoms with Gasteiger partial charge < -0.3 is 20.3 Å². The lowest BCUT2D eigenvalue weighted by Gasteiger charge is -2.18. The topological polar surface area (TPSA) is 87.4 Å². The molecule has 1 aromatic rings. The number of nitrogens with one attached hydrogen (secondary N) is 2. The van der Waals surface area contributed by atoms with Crippen molar-refractivity contribution in [2.75, 3.05) is 19.7 Å². The van der Waals surface area contributed by atoms with Gasteiger partial charge in [0.25, 0.3) is 0 Å². The second-order valence-electron chi connectivity index (χ2n) is 5.10. The summed E-state index contributed by atoms with van der Waals surface area (Å²) >= 11 is 0. The van der Waals surface area contributed by atoms with Gasteiger partial charge in [0, 0.05) is 26.7 Å². The quantitative estimate of drug-likeness (QED) is 0.460. The number of aromatic nitrogens is 3. The summed E-state index contributed by atoms with van der Waals surface area (Å²) in [5, 5.41) is 23.5. The second kappa shape index (κ2) is 10.1. The van der Waals surface area contributed by atoms with Crippen LogP contribution in [-0.4, -0.2) is 45.5 Å². The fourth-order valence-electron chi connectivity index (χ4n) is 2.12. The number of aryl methyl sites for hydroxylation is 1. The van der Waals surface area contributed by atoms with Crippen molar-refractivity contribution >= 4 is 5.96 Å². The lowest BCUT2D eigenvalue weighted by atomic mass is 10.0. The first kappa shape index (κ1) is 17.4. The van der Waals surface area contributed by atoms with Crippen LogP contribution in [0.4, 0.5) is 0 Å². The largest absolute Gasteiger partial charge is 0.396 e. The summed E-state index contributed by atoms with van der Waals surface area (Å²) in [5.74, 6) is 2.07. The van der Waals surface area contributed by atoms with Gasteiger partial charge in [0.1, 0.15) is 12.9 Å². The van der Waals surface area contributed by atoms with Crippen LogP contribution in [0.25, 0.3) is 0 Å². The molecule has 0 aromatic carbocycles. The van der Waals surface area contributed by atoms with Crippen LogP contribution in [0.1, 0.15) is 38.9 Å². The van der Waals surface area contributed by atoms with E-state index in [1.807, 2.05) is 18.5 Å². The summed E-state index contributed by atoms with van der Waals surface area (Å²) in [5.41, 5.74) is 0. The molecule has 0 aliphatic heterocycles. The molecule has 1 aromatic heterocycles. The lowest BCUT2D eigenvalue weighted by Crippen LogP contribution is -2.40. The van der Waals surface area contributed by atoms with Crippen molar-refractivity contribution < 1.29 is 5.11 Å².